The van der Waals surface area contributed by atoms with E-state index in [0.717, 1.165) is 55.1 Å². The number of anilines is 3. The summed E-state index contributed by atoms with van der Waals surface area (Å²) >= 11 is 3.56. The summed E-state index contributed by atoms with van der Waals surface area (Å²) < 4.78 is 6.43. The maximum absolute atomic E-state index is 12.9. The van der Waals surface area contributed by atoms with Gasteiger partial charge >= 0.3 is 0 Å². The molecular weight excluding hydrogens is 508 g/mol. The Morgan fingerprint density at radius 2 is 1.83 bits per heavy atom. The second-order valence-electron chi connectivity index (χ2n) is 9.92. The first-order valence-electron chi connectivity index (χ1n) is 12.9. The van der Waals surface area contributed by atoms with Gasteiger partial charge in [0.1, 0.15) is 11.6 Å². The largest absolute Gasteiger partial charge is 0.495 e. The van der Waals surface area contributed by atoms with Crippen LogP contribution < -0.4 is 20.7 Å². The fraction of sp³-hybridized carbons (Fsp3) is 0.577. The van der Waals surface area contributed by atoms with Crippen molar-refractivity contribution in [3.05, 3.63) is 34.4 Å². The molecular formula is C26H35BrN6O2. The van der Waals surface area contributed by atoms with Crippen molar-refractivity contribution < 1.29 is 9.53 Å². The molecule has 2 saturated carbocycles. The van der Waals surface area contributed by atoms with Gasteiger partial charge < -0.3 is 25.6 Å². The molecule has 1 aliphatic heterocycles. The molecule has 0 spiro atoms. The molecule has 2 aliphatic carbocycles. The molecule has 0 atom stereocenters. The molecule has 9 heteroatoms. The van der Waals surface area contributed by atoms with Gasteiger partial charge in [0, 0.05) is 43.0 Å². The first-order chi connectivity index (χ1) is 17.1. The van der Waals surface area contributed by atoms with Crippen LogP contribution in [0.1, 0.15) is 68.1 Å². The zero-order valence-electron chi connectivity index (χ0n) is 20.4. The van der Waals surface area contributed by atoms with Crippen LogP contribution in [0.15, 0.2) is 28.9 Å². The predicted molar refractivity (Wildman–Crippen MR) is 142 cm³/mol. The highest BCUT2D eigenvalue weighted by Gasteiger charge is 2.32. The molecule has 35 heavy (non-hydrogen) atoms. The molecule has 1 aromatic heterocycles. The number of nitrogens with zero attached hydrogens (tertiary/aromatic N) is 3. The average molecular weight is 544 g/mol. The zero-order valence-corrected chi connectivity index (χ0v) is 21.9. The monoisotopic (exact) mass is 542 g/mol. The highest BCUT2D eigenvalue weighted by Crippen LogP contribution is 2.31. The third-order valence-electron chi connectivity index (χ3n) is 7.33. The van der Waals surface area contributed by atoms with Crippen molar-refractivity contribution in [2.24, 2.45) is 0 Å². The van der Waals surface area contributed by atoms with E-state index in [1.165, 1.54) is 32.1 Å². The molecule has 188 valence electrons. The van der Waals surface area contributed by atoms with Crippen LogP contribution in [0.3, 0.4) is 0 Å². The number of rotatable bonds is 8. The van der Waals surface area contributed by atoms with E-state index in [-0.39, 0.29) is 11.9 Å². The van der Waals surface area contributed by atoms with Crippen molar-refractivity contribution in [2.45, 2.75) is 75.9 Å². The van der Waals surface area contributed by atoms with E-state index in [2.05, 4.69) is 46.7 Å². The summed E-state index contributed by atoms with van der Waals surface area (Å²) in [6.45, 7) is 2.15. The van der Waals surface area contributed by atoms with Crippen LogP contribution in [0.25, 0.3) is 0 Å². The van der Waals surface area contributed by atoms with E-state index in [1.807, 2.05) is 12.1 Å². The Morgan fingerprint density at radius 3 is 2.54 bits per heavy atom. The number of carbonyl (C=O) groups is 1. The lowest BCUT2D eigenvalue weighted by atomic mass is 9.95. The van der Waals surface area contributed by atoms with Crippen LogP contribution in [-0.2, 0) is 0 Å². The maximum Gasteiger partial charge on any atom is 0.251 e. The van der Waals surface area contributed by atoms with Gasteiger partial charge in [-0.2, -0.15) is 4.98 Å². The first kappa shape index (κ1) is 24.3. The summed E-state index contributed by atoms with van der Waals surface area (Å²) in [6.07, 6.45) is 12.6. The van der Waals surface area contributed by atoms with E-state index < -0.39 is 0 Å². The van der Waals surface area contributed by atoms with Crippen molar-refractivity contribution in [1.82, 2.24) is 20.2 Å². The van der Waals surface area contributed by atoms with Crippen LogP contribution in [0.4, 0.5) is 17.5 Å². The van der Waals surface area contributed by atoms with Crippen molar-refractivity contribution in [3.8, 4) is 5.75 Å². The third kappa shape index (κ3) is 6.25. The van der Waals surface area contributed by atoms with E-state index >= 15 is 0 Å². The minimum absolute atomic E-state index is 0.0569. The highest BCUT2D eigenvalue weighted by atomic mass is 79.9. The van der Waals surface area contributed by atoms with Crippen LogP contribution in [0, 0.1) is 0 Å². The minimum Gasteiger partial charge on any atom is -0.495 e. The summed E-state index contributed by atoms with van der Waals surface area (Å²) in [4.78, 5) is 24.6. The van der Waals surface area contributed by atoms with E-state index in [9.17, 15) is 4.79 Å². The summed E-state index contributed by atoms with van der Waals surface area (Å²) in [5.74, 6) is 1.79. The SMILES string of the molecule is COc1cc(C(=O)NC2CCN(C3CC3)CC2)ccc1Nc1ncc(Br)c(NC2CCCCC2)n1. The Hall–Kier alpha value is -2.39. The normalized spacial score (nSPS) is 19.8. The van der Waals surface area contributed by atoms with Gasteiger partial charge in [-0.25, -0.2) is 4.98 Å². The zero-order chi connectivity index (χ0) is 24.2. The fourth-order valence-electron chi connectivity index (χ4n) is 5.14. The number of hydrogen-bond donors (Lipinski definition) is 3. The van der Waals surface area contributed by atoms with Gasteiger partial charge in [-0.05, 0) is 72.7 Å². The number of benzene rings is 1. The molecule has 1 amide bonds. The van der Waals surface area contributed by atoms with E-state index in [4.69, 9.17) is 4.74 Å². The number of methoxy groups -OCH3 is 1. The average Bonchev–Trinajstić information content (AvgIpc) is 3.73. The van der Waals surface area contributed by atoms with Gasteiger partial charge in [0.2, 0.25) is 5.95 Å². The molecule has 1 saturated heterocycles. The van der Waals surface area contributed by atoms with Crippen molar-refractivity contribution in [1.29, 1.82) is 0 Å². The molecule has 0 radical (unpaired) electrons. The van der Waals surface area contributed by atoms with Crippen molar-refractivity contribution in [2.75, 3.05) is 30.8 Å². The molecule has 3 N–H and O–H groups in total. The molecule has 8 nitrogen and oxygen atoms in total. The van der Waals surface area contributed by atoms with Gasteiger partial charge in [-0.1, -0.05) is 19.3 Å². The van der Waals surface area contributed by atoms with Crippen molar-refractivity contribution >= 4 is 39.3 Å². The number of halogens is 1. The molecule has 1 aromatic carbocycles. The summed E-state index contributed by atoms with van der Waals surface area (Å²) in [7, 11) is 1.61. The van der Waals surface area contributed by atoms with Crippen LogP contribution in [0.5, 0.6) is 5.75 Å². The number of piperidine rings is 1. The number of ether oxygens (including phenoxy) is 1. The molecule has 0 unspecified atom stereocenters. The summed E-state index contributed by atoms with van der Waals surface area (Å²) in [6, 6.07) is 6.91. The van der Waals surface area contributed by atoms with Gasteiger partial charge in [-0.15, -0.1) is 0 Å². The number of carbonyl (C=O) groups excluding carboxylic acids is 1. The number of likely N-dealkylation sites (tertiary alicyclic amines) is 1. The van der Waals surface area contributed by atoms with Gasteiger partial charge in [0.25, 0.3) is 5.91 Å². The lowest BCUT2D eigenvalue weighted by molar-refractivity contribution is 0.0909. The minimum atomic E-state index is -0.0569. The molecule has 2 aromatic rings. The first-order valence-corrected chi connectivity index (χ1v) is 13.7. The number of hydrogen-bond acceptors (Lipinski definition) is 7. The fourth-order valence-corrected chi connectivity index (χ4v) is 5.45. The van der Waals surface area contributed by atoms with Crippen LogP contribution in [0.2, 0.25) is 0 Å². The molecule has 0 bridgehead atoms. The van der Waals surface area contributed by atoms with Gasteiger partial charge in [0.05, 0.1) is 17.3 Å². The predicted octanol–water partition coefficient (Wildman–Crippen LogP) is 5.09. The molecule has 3 fully saturated rings. The molecule has 3 aliphatic rings. The smallest absolute Gasteiger partial charge is 0.251 e. The number of amides is 1. The quantitative estimate of drug-likeness (QED) is 0.427. The van der Waals surface area contributed by atoms with Crippen LogP contribution >= 0.6 is 15.9 Å². The summed E-state index contributed by atoms with van der Waals surface area (Å²) in [5, 5.41) is 10.0. The Morgan fingerprint density at radius 1 is 1.06 bits per heavy atom. The molecule has 2 heterocycles. The second-order valence-corrected chi connectivity index (χ2v) is 10.8. The Kier molecular flexibility index (Phi) is 7.72. The Labute approximate surface area is 215 Å². The topological polar surface area (TPSA) is 91.4 Å². The number of nitrogens with one attached hydrogen (secondary N) is 3. The number of aromatic nitrogens is 2. The maximum atomic E-state index is 12.9. The van der Waals surface area contributed by atoms with Crippen LogP contribution in [-0.4, -0.2) is 59.1 Å². The van der Waals surface area contributed by atoms with E-state index in [1.54, 1.807) is 19.4 Å². The Balaban J connectivity index is 1.22. The second kappa shape index (κ2) is 11.1. The Bertz CT molecular complexity index is 1030. The van der Waals surface area contributed by atoms with Gasteiger partial charge in [-0.3, -0.25) is 4.79 Å². The summed E-state index contributed by atoms with van der Waals surface area (Å²) in [5.41, 5.74) is 1.31. The lowest BCUT2D eigenvalue weighted by Gasteiger charge is -2.32. The van der Waals surface area contributed by atoms with E-state index in [0.29, 0.717) is 29.0 Å². The van der Waals surface area contributed by atoms with Crippen molar-refractivity contribution in [3.63, 3.8) is 0 Å². The molecule has 5 rings (SSSR count). The van der Waals surface area contributed by atoms with Gasteiger partial charge in [0.15, 0.2) is 0 Å². The third-order valence-corrected chi connectivity index (χ3v) is 7.91. The highest BCUT2D eigenvalue weighted by molar-refractivity contribution is 9.10. The lowest BCUT2D eigenvalue weighted by Crippen LogP contribution is -2.45. The standard InChI is InChI=1S/C26H35BrN6O2/c1-35-23-15-17(25(34)30-19-11-13-33(14-12-19)20-8-9-20)7-10-22(23)31-26-28-16-21(27)24(32-26)29-18-5-3-2-4-6-18/h7,10,15-16,18-20H,2-6,8-9,11-14H2,1H3,(H,30,34)(H2,28,29,31,32).